The third kappa shape index (κ3) is 4.29. The Kier molecular flexibility index (Phi) is 5.48. The van der Waals surface area contributed by atoms with Gasteiger partial charge in [-0.1, -0.05) is 12.1 Å². The lowest BCUT2D eigenvalue weighted by Gasteiger charge is -2.13. The van der Waals surface area contributed by atoms with Crippen molar-refractivity contribution < 1.29 is 22.3 Å². The van der Waals surface area contributed by atoms with Crippen molar-refractivity contribution >= 4 is 28.6 Å². The molecule has 4 aromatic rings. The third-order valence-corrected chi connectivity index (χ3v) is 4.35. The van der Waals surface area contributed by atoms with Crippen LogP contribution in [0, 0.1) is 6.92 Å². The number of hydrogen-bond acceptors (Lipinski definition) is 7. The van der Waals surface area contributed by atoms with Gasteiger partial charge in [-0.25, -0.2) is 14.2 Å². The lowest BCUT2D eigenvalue weighted by molar-refractivity contribution is -0.0506. The molecule has 0 radical (unpaired) electrons. The van der Waals surface area contributed by atoms with Crippen molar-refractivity contribution in [3.8, 4) is 5.75 Å². The van der Waals surface area contributed by atoms with E-state index in [1.54, 1.807) is 31.2 Å². The number of rotatable bonds is 7. The van der Waals surface area contributed by atoms with Gasteiger partial charge >= 0.3 is 12.4 Å². The first-order chi connectivity index (χ1) is 14.9. The predicted molar refractivity (Wildman–Crippen MR) is 107 cm³/mol. The maximum Gasteiger partial charge on any atom is 0.439 e. The second kappa shape index (κ2) is 8.38. The fourth-order valence-electron chi connectivity index (χ4n) is 2.90. The number of nitrogens with one attached hydrogen (secondary N) is 2. The van der Waals surface area contributed by atoms with Crippen molar-refractivity contribution in [1.29, 1.82) is 0 Å². The van der Waals surface area contributed by atoms with Crippen LogP contribution in [0.5, 0.6) is 5.75 Å². The van der Waals surface area contributed by atoms with Crippen LogP contribution in [0.3, 0.4) is 0 Å². The van der Waals surface area contributed by atoms with Gasteiger partial charge in [-0.05, 0) is 37.3 Å². The zero-order chi connectivity index (χ0) is 22.0. The van der Waals surface area contributed by atoms with Crippen molar-refractivity contribution in [1.82, 2.24) is 14.6 Å². The summed E-state index contributed by atoms with van der Waals surface area (Å²) in [6, 6.07) is 10.9. The highest BCUT2D eigenvalue weighted by Crippen LogP contribution is 2.27. The summed E-state index contributed by atoms with van der Waals surface area (Å²) >= 11 is 0. The van der Waals surface area contributed by atoms with E-state index in [4.69, 9.17) is 4.42 Å². The highest BCUT2D eigenvalue weighted by molar-refractivity contribution is 5.73. The molecular weight excluding hydrogens is 415 g/mol. The third-order valence-electron chi connectivity index (χ3n) is 4.35. The van der Waals surface area contributed by atoms with E-state index in [0.717, 1.165) is 0 Å². The van der Waals surface area contributed by atoms with E-state index in [0.29, 0.717) is 28.2 Å². The number of nitrogens with zero attached hydrogens (tertiary/aromatic N) is 3. The zero-order valence-electron chi connectivity index (χ0n) is 16.1. The van der Waals surface area contributed by atoms with Gasteiger partial charge < -0.3 is 14.5 Å². The molecule has 0 saturated carbocycles. The molecule has 2 heterocycles. The summed E-state index contributed by atoms with van der Waals surface area (Å²) < 4.78 is 48.8. The molecule has 2 N–H and O–H groups in total. The molecule has 0 unspecified atom stereocenters. The van der Waals surface area contributed by atoms with Crippen LogP contribution in [0.1, 0.15) is 11.1 Å². The molecule has 0 bridgehead atoms. The number of aromatic nitrogens is 3. The number of fused-ring (bicyclic) bond motifs is 1. The molecule has 0 aliphatic rings. The van der Waals surface area contributed by atoms with E-state index in [1.165, 1.54) is 29.1 Å². The summed E-state index contributed by atoms with van der Waals surface area (Å²) in [6.07, 6.45) is 1.52. The van der Waals surface area contributed by atoms with Crippen LogP contribution in [-0.2, 0) is 6.67 Å². The topological polar surface area (TPSA) is 94.2 Å². The van der Waals surface area contributed by atoms with E-state index in [9.17, 15) is 18.0 Å². The quantitative estimate of drug-likeness (QED) is 0.448. The first-order valence-electron chi connectivity index (χ1n) is 9.06. The smallest absolute Gasteiger partial charge is 0.434 e. The highest BCUT2D eigenvalue weighted by atomic mass is 19.3. The molecule has 0 amide bonds. The monoisotopic (exact) mass is 431 g/mol. The predicted octanol–water partition coefficient (Wildman–Crippen LogP) is 4.38. The van der Waals surface area contributed by atoms with Crippen molar-refractivity contribution in [2.24, 2.45) is 0 Å². The van der Waals surface area contributed by atoms with Gasteiger partial charge in [-0.15, -0.1) is 0 Å². The molecule has 11 heteroatoms. The van der Waals surface area contributed by atoms with Crippen LogP contribution in [0.15, 0.2) is 57.9 Å². The van der Waals surface area contributed by atoms with Crippen LogP contribution in [-0.4, -0.2) is 21.3 Å². The molecule has 160 valence electrons. The summed E-state index contributed by atoms with van der Waals surface area (Å²) in [5, 5.41) is 2.88. The Labute approximate surface area is 173 Å². The second-order valence-corrected chi connectivity index (χ2v) is 6.47. The normalized spacial score (nSPS) is 11.1. The maximum absolute atomic E-state index is 13.2. The minimum atomic E-state index is -3.06. The van der Waals surface area contributed by atoms with Crippen LogP contribution < -0.4 is 21.2 Å². The Balaban J connectivity index is 1.61. The lowest BCUT2D eigenvalue weighted by atomic mass is 10.2. The molecule has 2 aromatic heterocycles. The number of oxazole rings is 1. The molecular formula is C20H16F3N5O3. The summed E-state index contributed by atoms with van der Waals surface area (Å²) in [5.74, 6) is -0.395. The number of halogens is 3. The number of ether oxygens (including phenoxy) is 1. The molecule has 0 aliphatic heterocycles. The molecule has 0 atom stereocenters. The fraction of sp³-hybridized carbons (Fsp3) is 0.150. The van der Waals surface area contributed by atoms with Crippen molar-refractivity contribution in [2.45, 2.75) is 20.2 Å². The number of alkyl halides is 3. The van der Waals surface area contributed by atoms with Gasteiger partial charge in [0, 0.05) is 23.0 Å². The molecule has 0 saturated heterocycles. The van der Waals surface area contributed by atoms with Gasteiger partial charge in [0.2, 0.25) is 5.95 Å². The maximum atomic E-state index is 13.2. The first kappa shape index (κ1) is 20.3. The van der Waals surface area contributed by atoms with Gasteiger partial charge in [0.15, 0.2) is 11.4 Å². The van der Waals surface area contributed by atoms with Gasteiger partial charge in [-0.3, -0.25) is 5.43 Å². The van der Waals surface area contributed by atoms with Crippen LogP contribution in [0.4, 0.5) is 30.6 Å². The van der Waals surface area contributed by atoms with E-state index < -0.39 is 19.0 Å². The van der Waals surface area contributed by atoms with Crippen LogP contribution in [0.2, 0.25) is 0 Å². The molecule has 8 nitrogen and oxygen atoms in total. The lowest BCUT2D eigenvalue weighted by Crippen LogP contribution is -2.23. The Hall–Kier alpha value is -4.02. The van der Waals surface area contributed by atoms with Gasteiger partial charge in [0.25, 0.3) is 0 Å². The van der Waals surface area contributed by atoms with E-state index in [-0.39, 0.29) is 17.3 Å². The van der Waals surface area contributed by atoms with Gasteiger partial charge in [-0.2, -0.15) is 18.4 Å². The average Bonchev–Trinajstić information content (AvgIpc) is 3.06. The van der Waals surface area contributed by atoms with E-state index in [2.05, 4.69) is 25.4 Å². The minimum absolute atomic E-state index is 0.0489. The SMILES string of the molecule is Cc1cnc(Nc2ccc(OC(F)F)c(CF)c2)nc1Nn1c(=O)oc2ccccc21. The Bertz CT molecular complexity index is 1290. The second-order valence-electron chi connectivity index (χ2n) is 6.47. The van der Waals surface area contributed by atoms with Crippen molar-refractivity contribution in [3.63, 3.8) is 0 Å². The standard InChI is InChI=1S/C20H16F3N5O3/c1-11-10-24-19(25-13-6-7-15(30-18(22)23)12(8-13)9-21)26-17(11)27-28-14-4-2-3-5-16(14)31-20(28)29/h2-8,10,18H,9H2,1H3,(H2,24,25,26,27). The largest absolute Gasteiger partial charge is 0.439 e. The number of anilines is 3. The first-order valence-corrected chi connectivity index (χ1v) is 9.06. The number of aryl methyl sites for hydroxylation is 1. The molecule has 0 spiro atoms. The number of benzene rings is 2. The van der Waals surface area contributed by atoms with Crippen LogP contribution in [0.25, 0.3) is 11.1 Å². The highest BCUT2D eigenvalue weighted by Gasteiger charge is 2.13. The molecule has 2 aromatic carbocycles. The average molecular weight is 431 g/mol. The molecule has 0 fully saturated rings. The Morgan fingerprint density at radius 1 is 1.23 bits per heavy atom. The molecule has 4 rings (SSSR count). The molecule has 0 aliphatic carbocycles. The van der Waals surface area contributed by atoms with E-state index in [1.807, 2.05) is 0 Å². The van der Waals surface area contributed by atoms with Crippen molar-refractivity contribution in [2.75, 3.05) is 10.7 Å². The van der Waals surface area contributed by atoms with Crippen LogP contribution >= 0.6 is 0 Å². The Morgan fingerprint density at radius 3 is 2.81 bits per heavy atom. The van der Waals surface area contributed by atoms with Crippen molar-refractivity contribution in [3.05, 3.63) is 70.3 Å². The summed E-state index contributed by atoms with van der Waals surface area (Å²) in [4.78, 5) is 20.7. The summed E-state index contributed by atoms with van der Waals surface area (Å²) in [5.41, 5.74) is 4.81. The Morgan fingerprint density at radius 2 is 2.03 bits per heavy atom. The summed E-state index contributed by atoms with van der Waals surface area (Å²) in [7, 11) is 0. The minimum Gasteiger partial charge on any atom is -0.434 e. The number of hydrogen-bond donors (Lipinski definition) is 2. The summed E-state index contributed by atoms with van der Waals surface area (Å²) in [6.45, 7) is -2.30. The fourth-order valence-corrected chi connectivity index (χ4v) is 2.90. The molecule has 31 heavy (non-hydrogen) atoms. The van der Waals surface area contributed by atoms with Gasteiger partial charge in [0.05, 0.1) is 0 Å². The van der Waals surface area contributed by atoms with E-state index >= 15 is 0 Å². The number of para-hydroxylation sites is 2. The van der Waals surface area contributed by atoms with Gasteiger partial charge in [0.1, 0.15) is 17.9 Å². The zero-order valence-corrected chi connectivity index (χ0v) is 16.1.